The van der Waals surface area contributed by atoms with E-state index in [1.54, 1.807) is 15.8 Å². The van der Waals surface area contributed by atoms with E-state index in [0.29, 0.717) is 51.5 Å². The summed E-state index contributed by atoms with van der Waals surface area (Å²) in [5.74, 6) is 0.0691. The van der Waals surface area contributed by atoms with Crippen molar-refractivity contribution in [2.75, 3.05) is 39.4 Å². The Morgan fingerprint density at radius 3 is 2.57 bits per heavy atom. The molecule has 1 aromatic heterocycles. The zero-order valence-corrected chi connectivity index (χ0v) is 15.9. The summed E-state index contributed by atoms with van der Waals surface area (Å²) in [6.07, 6.45) is 4.02. The summed E-state index contributed by atoms with van der Waals surface area (Å²) in [4.78, 5) is 28.3. The van der Waals surface area contributed by atoms with E-state index in [4.69, 9.17) is 4.74 Å². The normalized spacial score (nSPS) is 17.4. The number of amides is 2. The van der Waals surface area contributed by atoms with E-state index in [1.807, 2.05) is 23.1 Å². The highest BCUT2D eigenvalue weighted by atomic mass is 16.5. The molecular formula is C20H25N5O3. The van der Waals surface area contributed by atoms with Crippen LogP contribution in [0.4, 0.5) is 0 Å². The molecule has 2 saturated heterocycles. The molecule has 0 atom stereocenters. The molecule has 2 aromatic rings. The van der Waals surface area contributed by atoms with Gasteiger partial charge in [0.15, 0.2) is 5.69 Å². The van der Waals surface area contributed by atoms with Crippen LogP contribution in [0.3, 0.4) is 0 Å². The zero-order chi connectivity index (χ0) is 19.3. The predicted molar refractivity (Wildman–Crippen MR) is 102 cm³/mol. The van der Waals surface area contributed by atoms with Gasteiger partial charge < -0.3 is 14.5 Å². The van der Waals surface area contributed by atoms with Gasteiger partial charge in [0, 0.05) is 32.6 Å². The summed E-state index contributed by atoms with van der Waals surface area (Å²) in [7, 11) is 0. The number of morpholine rings is 1. The van der Waals surface area contributed by atoms with Crippen molar-refractivity contribution in [3.8, 4) is 0 Å². The van der Waals surface area contributed by atoms with Gasteiger partial charge in [0.05, 0.1) is 25.5 Å². The number of aryl methyl sites for hydroxylation is 1. The minimum Gasteiger partial charge on any atom is -0.378 e. The first-order valence-corrected chi connectivity index (χ1v) is 9.81. The third-order valence-electron chi connectivity index (χ3n) is 5.32. The molecule has 2 amide bonds. The van der Waals surface area contributed by atoms with E-state index in [9.17, 15) is 9.59 Å². The third-order valence-corrected chi connectivity index (χ3v) is 5.32. The molecule has 4 rings (SSSR count). The van der Waals surface area contributed by atoms with Crippen molar-refractivity contribution >= 4 is 11.8 Å². The highest BCUT2D eigenvalue weighted by Crippen LogP contribution is 2.22. The molecule has 0 radical (unpaired) electrons. The number of carbonyl (C=O) groups is 2. The van der Waals surface area contributed by atoms with Crippen LogP contribution in [0, 0.1) is 0 Å². The van der Waals surface area contributed by atoms with Crippen molar-refractivity contribution in [1.82, 2.24) is 24.8 Å². The molecule has 0 spiro atoms. The molecule has 0 aliphatic carbocycles. The number of likely N-dealkylation sites (tertiary alicyclic amines) is 1. The standard InChI is InChI=1S/C20H25N5O3/c26-19(8-4-7-16-5-2-1-3-6-16)24-13-17(14-24)25-15-18(21-22-25)20(27)23-9-11-28-12-10-23/h1-3,5-6,15,17H,4,7-14H2. The van der Waals surface area contributed by atoms with E-state index in [1.165, 1.54) is 5.56 Å². The van der Waals surface area contributed by atoms with Crippen LogP contribution in [-0.2, 0) is 16.0 Å². The van der Waals surface area contributed by atoms with Gasteiger partial charge in [-0.1, -0.05) is 35.5 Å². The monoisotopic (exact) mass is 383 g/mol. The lowest BCUT2D eigenvalue weighted by atomic mass is 10.1. The lowest BCUT2D eigenvalue weighted by Crippen LogP contribution is -2.50. The molecule has 0 unspecified atom stereocenters. The summed E-state index contributed by atoms with van der Waals surface area (Å²) in [5.41, 5.74) is 1.62. The summed E-state index contributed by atoms with van der Waals surface area (Å²) in [6.45, 7) is 3.53. The Labute approximate surface area is 164 Å². The summed E-state index contributed by atoms with van der Waals surface area (Å²) in [5, 5.41) is 8.12. The van der Waals surface area contributed by atoms with E-state index < -0.39 is 0 Å². The fourth-order valence-electron chi connectivity index (χ4n) is 3.55. The SMILES string of the molecule is O=C(CCCc1ccccc1)N1CC(n2cc(C(=O)N3CCOCC3)nn2)C1. The van der Waals surface area contributed by atoms with Gasteiger partial charge in [0.1, 0.15) is 0 Å². The highest BCUT2D eigenvalue weighted by Gasteiger charge is 2.33. The van der Waals surface area contributed by atoms with Gasteiger partial charge in [-0.3, -0.25) is 9.59 Å². The summed E-state index contributed by atoms with van der Waals surface area (Å²) < 4.78 is 6.98. The predicted octanol–water partition coefficient (Wildman–Crippen LogP) is 1.16. The van der Waals surface area contributed by atoms with Gasteiger partial charge in [-0.25, -0.2) is 4.68 Å². The van der Waals surface area contributed by atoms with Crippen molar-refractivity contribution in [2.24, 2.45) is 0 Å². The molecule has 2 aliphatic rings. The van der Waals surface area contributed by atoms with Crippen molar-refractivity contribution in [3.63, 3.8) is 0 Å². The molecular weight excluding hydrogens is 358 g/mol. The van der Waals surface area contributed by atoms with Crippen LogP contribution in [0.15, 0.2) is 36.5 Å². The first-order chi connectivity index (χ1) is 13.7. The van der Waals surface area contributed by atoms with Crippen LogP contribution in [0.1, 0.15) is 34.9 Å². The molecule has 2 aliphatic heterocycles. The van der Waals surface area contributed by atoms with Crippen molar-refractivity contribution < 1.29 is 14.3 Å². The van der Waals surface area contributed by atoms with Crippen LogP contribution < -0.4 is 0 Å². The Kier molecular flexibility index (Phi) is 5.66. The maximum absolute atomic E-state index is 12.4. The molecule has 8 heteroatoms. The number of hydrogen-bond acceptors (Lipinski definition) is 5. The van der Waals surface area contributed by atoms with Crippen LogP contribution in [0.2, 0.25) is 0 Å². The zero-order valence-electron chi connectivity index (χ0n) is 15.9. The highest BCUT2D eigenvalue weighted by molar-refractivity contribution is 5.92. The summed E-state index contributed by atoms with van der Waals surface area (Å²) >= 11 is 0. The molecule has 0 saturated carbocycles. The molecule has 28 heavy (non-hydrogen) atoms. The van der Waals surface area contributed by atoms with Gasteiger partial charge in [-0.15, -0.1) is 5.10 Å². The minimum absolute atomic E-state index is 0.0943. The number of nitrogens with zero attached hydrogens (tertiary/aromatic N) is 5. The molecule has 1 aromatic carbocycles. The Bertz CT molecular complexity index is 810. The van der Waals surface area contributed by atoms with Crippen LogP contribution >= 0.6 is 0 Å². The number of hydrogen-bond donors (Lipinski definition) is 0. The van der Waals surface area contributed by atoms with Crippen LogP contribution in [0.25, 0.3) is 0 Å². The largest absolute Gasteiger partial charge is 0.378 e. The number of benzene rings is 1. The Morgan fingerprint density at radius 1 is 1.07 bits per heavy atom. The lowest BCUT2D eigenvalue weighted by molar-refractivity contribution is -0.137. The van der Waals surface area contributed by atoms with Crippen LogP contribution in [-0.4, -0.2) is 76.0 Å². The van der Waals surface area contributed by atoms with Crippen molar-refractivity contribution in [3.05, 3.63) is 47.8 Å². The van der Waals surface area contributed by atoms with Crippen molar-refractivity contribution in [1.29, 1.82) is 0 Å². The smallest absolute Gasteiger partial charge is 0.276 e. The minimum atomic E-state index is -0.109. The van der Waals surface area contributed by atoms with E-state index >= 15 is 0 Å². The Balaban J connectivity index is 1.22. The maximum Gasteiger partial charge on any atom is 0.276 e. The third kappa shape index (κ3) is 4.22. The van der Waals surface area contributed by atoms with E-state index in [2.05, 4.69) is 22.4 Å². The maximum atomic E-state index is 12.4. The first kappa shape index (κ1) is 18.6. The van der Waals surface area contributed by atoms with E-state index in [-0.39, 0.29) is 17.9 Å². The van der Waals surface area contributed by atoms with E-state index in [0.717, 1.165) is 12.8 Å². The van der Waals surface area contributed by atoms with Crippen LogP contribution in [0.5, 0.6) is 0 Å². The second-order valence-corrected chi connectivity index (χ2v) is 7.28. The van der Waals surface area contributed by atoms with Gasteiger partial charge in [-0.05, 0) is 18.4 Å². The number of ether oxygens (including phenoxy) is 1. The van der Waals surface area contributed by atoms with Gasteiger partial charge >= 0.3 is 0 Å². The topological polar surface area (TPSA) is 80.6 Å². The van der Waals surface area contributed by atoms with Gasteiger partial charge in [-0.2, -0.15) is 0 Å². The molecule has 2 fully saturated rings. The lowest BCUT2D eigenvalue weighted by Gasteiger charge is -2.39. The summed E-state index contributed by atoms with van der Waals surface area (Å²) in [6, 6.07) is 10.3. The molecule has 0 N–H and O–H groups in total. The fourth-order valence-corrected chi connectivity index (χ4v) is 3.55. The number of rotatable bonds is 6. The van der Waals surface area contributed by atoms with Crippen molar-refractivity contribution in [2.45, 2.75) is 25.3 Å². The molecule has 8 nitrogen and oxygen atoms in total. The van der Waals surface area contributed by atoms with Gasteiger partial charge in [0.25, 0.3) is 5.91 Å². The quantitative estimate of drug-likeness (QED) is 0.748. The molecule has 3 heterocycles. The Morgan fingerprint density at radius 2 is 1.82 bits per heavy atom. The second-order valence-electron chi connectivity index (χ2n) is 7.28. The average Bonchev–Trinajstić information content (AvgIpc) is 3.17. The number of aromatic nitrogens is 3. The molecule has 148 valence electrons. The fraction of sp³-hybridized carbons (Fsp3) is 0.500. The number of carbonyl (C=O) groups excluding carboxylic acids is 2. The average molecular weight is 383 g/mol. The van der Waals surface area contributed by atoms with Gasteiger partial charge in [0.2, 0.25) is 5.91 Å². The second kappa shape index (κ2) is 8.52. The first-order valence-electron chi connectivity index (χ1n) is 9.81. The molecule has 0 bridgehead atoms. The Hall–Kier alpha value is -2.74.